The van der Waals surface area contributed by atoms with Crippen LogP contribution < -0.4 is 0 Å². The second-order valence-corrected chi connectivity index (χ2v) is 8.25. The highest BCUT2D eigenvalue weighted by Gasteiger charge is 2.31. The molecule has 0 saturated carbocycles. The van der Waals surface area contributed by atoms with E-state index in [4.69, 9.17) is 0 Å². The molecule has 1 saturated heterocycles. The van der Waals surface area contributed by atoms with Crippen LogP contribution in [0.2, 0.25) is 0 Å². The standard InChI is InChI=1S/C23H19F6NOS/c24-22(25,26)18-8-4-16(5-9-18)20(17-6-10-19(11-7-17)23(27,28)29)2-1-3-21(31)30-12-14-32-15-13-30/h1-11H,12-15H2/b3-1+. The predicted octanol–water partition coefficient (Wildman–Crippen LogP) is 6.29. The van der Waals surface area contributed by atoms with Gasteiger partial charge in [-0.3, -0.25) is 4.79 Å². The molecule has 1 aliphatic rings. The van der Waals surface area contributed by atoms with E-state index in [0.29, 0.717) is 29.8 Å². The Morgan fingerprint density at radius 2 is 1.22 bits per heavy atom. The quantitative estimate of drug-likeness (QED) is 0.297. The Balaban J connectivity index is 1.92. The topological polar surface area (TPSA) is 20.3 Å². The van der Waals surface area contributed by atoms with Crippen molar-refractivity contribution in [2.24, 2.45) is 0 Å². The van der Waals surface area contributed by atoms with Gasteiger partial charge in [0.05, 0.1) is 11.1 Å². The zero-order valence-electron chi connectivity index (χ0n) is 16.7. The molecule has 0 atom stereocenters. The van der Waals surface area contributed by atoms with Crippen LogP contribution in [-0.4, -0.2) is 35.4 Å². The molecule has 1 fully saturated rings. The molecule has 1 aliphatic heterocycles. The number of hydrogen-bond acceptors (Lipinski definition) is 2. The van der Waals surface area contributed by atoms with E-state index in [2.05, 4.69) is 0 Å². The summed E-state index contributed by atoms with van der Waals surface area (Å²) in [7, 11) is 0. The fourth-order valence-electron chi connectivity index (χ4n) is 3.15. The number of carbonyl (C=O) groups excluding carboxylic acids is 1. The lowest BCUT2D eigenvalue weighted by molar-refractivity contribution is -0.138. The van der Waals surface area contributed by atoms with Gasteiger partial charge in [0.25, 0.3) is 0 Å². The van der Waals surface area contributed by atoms with Crippen molar-refractivity contribution in [1.82, 2.24) is 4.90 Å². The first-order chi connectivity index (χ1) is 15.1. The minimum atomic E-state index is -4.50. The number of hydrogen-bond donors (Lipinski definition) is 0. The molecule has 2 aromatic carbocycles. The molecule has 170 valence electrons. The molecule has 0 radical (unpaired) electrons. The van der Waals surface area contributed by atoms with Crippen molar-refractivity contribution in [2.75, 3.05) is 24.6 Å². The van der Waals surface area contributed by atoms with Gasteiger partial charge < -0.3 is 4.90 Å². The Kier molecular flexibility index (Phi) is 7.38. The lowest BCUT2D eigenvalue weighted by Crippen LogP contribution is -2.36. The summed E-state index contributed by atoms with van der Waals surface area (Å²) in [5, 5.41) is 0. The number of alkyl halides is 6. The highest BCUT2D eigenvalue weighted by Crippen LogP contribution is 2.33. The summed E-state index contributed by atoms with van der Waals surface area (Å²) >= 11 is 1.75. The molecule has 1 heterocycles. The largest absolute Gasteiger partial charge is 0.416 e. The molecule has 0 N–H and O–H groups in total. The van der Waals surface area contributed by atoms with Gasteiger partial charge >= 0.3 is 12.4 Å². The maximum absolute atomic E-state index is 12.9. The molecular formula is C23H19F6NOS. The smallest absolute Gasteiger partial charge is 0.338 e. The third kappa shape index (κ3) is 6.18. The summed E-state index contributed by atoms with van der Waals surface area (Å²) in [5.74, 6) is 1.50. The van der Waals surface area contributed by atoms with E-state index >= 15 is 0 Å². The molecule has 0 bridgehead atoms. The van der Waals surface area contributed by atoms with Crippen LogP contribution in [0.3, 0.4) is 0 Å². The fraction of sp³-hybridized carbons (Fsp3) is 0.261. The van der Waals surface area contributed by atoms with Gasteiger partial charge in [0.1, 0.15) is 0 Å². The van der Waals surface area contributed by atoms with E-state index in [9.17, 15) is 31.1 Å². The van der Waals surface area contributed by atoms with E-state index in [1.54, 1.807) is 16.7 Å². The number of halogens is 6. The summed E-state index contributed by atoms with van der Waals surface area (Å²) in [4.78, 5) is 14.0. The number of thioether (sulfide) groups is 1. The zero-order valence-corrected chi connectivity index (χ0v) is 17.5. The van der Waals surface area contributed by atoms with Gasteiger partial charge in [-0.2, -0.15) is 38.1 Å². The predicted molar refractivity (Wildman–Crippen MR) is 113 cm³/mol. The minimum absolute atomic E-state index is 0.194. The Labute approximate surface area is 185 Å². The summed E-state index contributed by atoms with van der Waals surface area (Å²) in [5.41, 5.74) is -0.512. The van der Waals surface area contributed by atoms with Gasteiger partial charge in [0.15, 0.2) is 0 Å². The third-order valence-electron chi connectivity index (χ3n) is 4.87. The molecule has 0 spiro atoms. The van der Waals surface area contributed by atoms with Crippen LogP contribution >= 0.6 is 11.8 Å². The van der Waals surface area contributed by atoms with Crippen molar-refractivity contribution in [1.29, 1.82) is 0 Å². The number of benzene rings is 2. The van der Waals surface area contributed by atoms with E-state index in [0.717, 1.165) is 35.8 Å². The average molecular weight is 471 g/mol. The maximum atomic E-state index is 12.9. The second kappa shape index (κ2) is 9.85. The summed E-state index contributed by atoms with van der Waals surface area (Å²) in [6, 6.07) is 8.66. The number of rotatable bonds is 4. The van der Waals surface area contributed by atoms with Gasteiger partial charge in [0.2, 0.25) is 5.91 Å². The lowest BCUT2D eigenvalue weighted by atomic mass is 9.95. The van der Waals surface area contributed by atoms with Crippen molar-refractivity contribution >= 4 is 23.2 Å². The first kappa shape index (κ1) is 24.0. The van der Waals surface area contributed by atoms with Gasteiger partial charge in [-0.15, -0.1) is 0 Å². The molecule has 32 heavy (non-hydrogen) atoms. The first-order valence-electron chi connectivity index (χ1n) is 9.66. The van der Waals surface area contributed by atoms with Crippen LogP contribution in [0.4, 0.5) is 26.3 Å². The van der Waals surface area contributed by atoms with E-state index in [1.807, 2.05) is 0 Å². The van der Waals surface area contributed by atoms with Crippen molar-refractivity contribution in [3.05, 3.63) is 89.0 Å². The molecule has 1 amide bonds. The van der Waals surface area contributed by atoms with Gasteiger partial charge in [-0.05, 0) is 41.0 Å². The Hall–Kier alpha value is -2.68. The van der Waals surface area contributed by atoms with Crippen LogP contribution in [0.1, 0.15) is 22.3 Å². The molecule has 0 unspecified atom stereocenters. The van der Waals surface area contributed by atoms with E-state index in [-0.39, 0.29) is 5.91 Å². The number of carbonyl (C=O) groups is 1. The van der Waals surface area contributed by atoms with E-state index < -0.39 is 23.5 Å². The normalized spacial score (nSPS) is 15.1. The molecule has 0 aromatic heterocycles. The molecule has 2 nitrogen and oxygen atoms in total. The van der Waals surface area contributed by atoms with Crippen LogP contribution in [-0.2, 0) is 17.1 Å². The van der Waals surface area contributed by atoms with Gasteiger partial charge in [-0.1, -0.05) is 36.4 Å². The lowest BCUT2D eigenvalue weighted by Gasteiger charge is -2.24. The fourth-order valence-corrected chi connectivity index (χ4v) is 4.06. The van der Waals surface area contributed by atoms with Crippen LogP contribution in [0.5, 0.6) is 0 Å². The van der Waals surface area contributed by atoms with Gasteiger partial charge in [0, 0.05) is 30.7 Å². The summed E-state index contributed by atoms with van der Waals surface area (Å²) in [6.07, 6.45) is -4.67. The molecule has 0 aliphatic carbocycles. The van der Waals surface area contributed by atoms with Crippen molar-refractivity contribution in [3.8, 4) is 0 Å². The van der Waals surface area contributed by atoms with Gasteiger partial charge in [-0.25, -0.2) is 0 Å². The van der Waals surface area contributed by atoms with Crippen molar-refractivity contribution in [3.63, 3.8) is 0 Å². The maximum Gasteiger partial charge on any atom is 0.416 e. The van der Waals surface area contributed by atoms with Crippen LogP contribution in [0, 0.1) is 0 Å². The van der Waals surface area contributed by atoms with Crippen LogP contribution in [0.15, 0.2) is 66.8 Å². The molecular weight excluding hydrogens is 452 g/mol. The number of nitrogens with zero attached hydrogens (tertiary/aromatic N) is 1. The molecule has 9 heteroatoms. The first-order valence-corrected chi connectivity index (χ1v) is 10.8. The van der Waals surface area contributed by atoms with Crippen molar-refractivity contribution < 1.29 is 31.1 Å². The highest BCUT2D eigenvalue weighted by atomic mass is 32.2. The Bertz CT molecular complexity index is 926. The van der Waals surface area contributed by atoms with Crippen LogP contribution in [0.25, 0.3) is 5.57 Å². The number of allylic oxidation sites excluding steroid dienone is 2. The SMILES string of the molecule is O=C(/C=C/C=C(c1ccc(C(F)(F)F)cc1)c1ccc(C(F)(F)F)cc1)N1CCSCC1. The van der Waals surface area contributed by atoms with Crippen molar-refractivity contribution in [2.45, 2.75) is 12.4 Å². The molecule has 3 rings (SSSR count). The Morgan fingerprint density at radius 1 is 0.781 bits per heavy atom. The summed E-state index contributed by atoms with van der Waals surface area (Å²) < 4.78 is 77.4. The van der Waals surface area contributed by atoms with E-state index in [1.165, 1.54) is 42.5 Å². The minimum Gasteiger partial charge on any atom is -0.338 e. The summed E-state index contributed by atoms with van der Waals surface area (Å²) in [6.45, 7) is 1.25. The highest BCUT2D eigenvalue weighted by molar-refractivity contribution is 7.99. The second-order valence-electron chi connectivity index (χ2n) is 7.03. The monoisotopic (exact) mass is 471 g/mol. The average Bonchev–Trinajstić information content (AvgIpc) is 2.76. The number of amides is 1. The molecule has 2 aromatic rings. The Morgan fingerprint density at radius 3 is 1.62 bits per heavy atom. The third-order valence-corrected chi connectivity index (χ3v) is 5.81. The zero-order chi connectivity index (χ0) is 23.4.